The van der Waals surface area contributed by atoms with E-state index in [9.17, 15) is 18.0 Å². The summed E-state index contributed by atoms with van der Waals surface area (Å²) in [4.78, 5) is 11.5. The Morgan fingerprint density at radius 1 is 1.31 bits per heavy atom. The number of anilines is 1. The molecule has 0 fully saturated rings. The van der Waals surface area contributed by atoms with E-state index in [0.717, 1.165) is 0 Å². The molecule has 1 rings (SSSR count). The second-order valence-corrected chi connectivity index (χ2v) is 3.29. The molecule has 0 saturated carbocycles. The van der Waals surface area contributed by atoms with Crippen molar-refractivity contribution in [3.05, 3.63) is 29.8 Å². The van der Waals surface area contributed by atoms with E-state index in [2.05, 4.69) is 0 Å². The molecule has 0 saturated heterocycles. The summed E-state index contributed by atoms with van der Waals surface area (Å²) in [7, 11) is 0. The molecule has 2 nitrogen and oxygen atoms in total. The second-order valence-electron chi connectivity index (χ2n) is 3.29. The summed E-state index contributed by atoms with van der Waals surface area (Å²) in [6, 6.07) is 5.72. The highest BCUT2D eigenvalue weighted by Crippen LogP contribution is 2.30. The summed E-state index contributed by atoms with van der Waals surface area (Å²) in [5.74, 6) is -0.377. The van der Waals surface area contributed by atoms with E-state index >= 15 is 0 Å². The van der Waals surface area contributed by atoms with Crippen LogP contribution in [0, 0.1) is 0 Å². The van der Waals surface area contributed by atoms with Gasteiger partial charge in [-0.05, 0) is 26.0 Å². The van der Waals surface area contributed by atoms with Gasteiger partial charge >= 0.3 is 6.30 Å². The predicted octanol–water partition coefficient (Wildman–Crippen LogP) is 3.24. The normalized spacial score (nSPS) is 11.3. The lowest BCUT2D eigenvalue weighted by Gasteiger charge is -2.27. The fraction of sp³-hybridized carbons (Fsp3) is 0.364. The third kappa shape index (κ3) is 2.53. The van der Waals surface area contributed by atoms with Crippen molar-refractivity contribution in [1.82, 2.24) is 0 Å². The average molecular weight is 231 g/mol. The Bertz CT molecular complexity index is 387. The average Bonchev–Trinajstić information content (AvgIpc) is 2.17. The number of para-hydroxylation sites is 1. The van der Waals surface area contributed by atoms with Gasteiger partial charge in [-0.15, -0.1) is 0 Å². The number of benzene rings is 1. The van der Waals surface area contributed by atoms with E-state index in [1.54, 1.807) is 6.07 Å². The van der Waals surface area contributed by atoms with E-state index in [0.29, 0.717) is 0 Å². The zero-order valence-corrected chi connectivity index (χ0v) is 9.01. The standard InChI is InChI=1S/C11H12F3NO/c1-3-15(11(12,13)14)10-7-5-4-6-9(10)8(2)16/h4-7H,3H2,1-2H3. The highest BCUT2D eigenvalue weighted by Gasteiger charge is 2.37. The molecule has 0 aliphatic heterocycles. The molecule has 0 bridgehead atoms. The Hall–Kier alpha value is -1.52. The number of carbonyl (C=O) groups excluding carboxylic acids is 1. The molecule has 0 N–H and O–H groups in total. The lowest BCUT2D eigenvalue weighted by Crippen LogP contribution is -2.38. The summed E-state index contributed by atoms with van der Waals surface area (Å²) in [5, 5.41) is 0. The molecule has 0 atom stereocenters. The molecule has 0 aliphatic carbocycles. The molecule has 0 heterocycles. The van der Waals surface area contributed by atoms with E-state index in [1.165, 1.54) is 32.0 Å². The van der Waals surface area contributed by atoms with E-state index in [-0.39, 0.29) is 28.5 Å². The zero-order valence-electron chi connectivity index (χ0n) is 9.01. The van der Waals surface area contributed by atoms with Gasteiger partial charge in [-0.25, -0.2) is 0 Å². The maximum Gasteiger partial charge on any atom is 0.484 e. The van der Waals surface area contributed by atoms with Crippen LogP contribution in [0.1, 0.15) is 24.2 Å². The van der Waals surface area contributed by atoms with E-state index in [1.807, 2.05) is 0 Å². The Morgan fingerprint density at radius 3 is 2.31 bits per heavy atom. The zero-order chi connectivity index (χ0) is 12.3. The van der Waals surface area contributed by atoms with E-state index in [4.69, 9.17) is 0 Å². The topological polar surface area (TPSA) is 20.3 Å². The number of alkyl halides is 3. The van der Waals surface area contributed by atoms with Gasteiger partial charge in [0.1, 0.15) is 0 Å². The molecule has 0 unspecified atom stereocenters. The number of hydrogen-bond donors (Lipinski definition) is 0. The third-order valence-electron chi connectivity index (χ3n) is 2.20. The summed E-state index contributed by atoms with van der Waals surface area (Å²) in [6.07, 6.45) is -4.47. The van der Waals surface area contributed by atoms with Gasteiger partial charge < -0.3 is 0 Å². The van der Waals surface area contributed by atoms with Crippen LogP contribution in [0.3, 0.4) is 0 Å². The van der Waals surface area contributed by atoms with Crippen molar-refractivity contribution in [2.45, 2.75) is 20.1 Å². The molecule has 88 valence electrons. The van der Waals surface area contributed by atoms with Crippen LogP contribution in [0.5, 0.6) is 0 Å². The molecule has 5 heteroatoms. The second kappa shape index (κ2) is 4.55. The lowest BCUT2D eigenvalue weighted by atomic mass is 10.1. The van der Waals surface area contributed by atoms with Crippen molar-refractivity contribution < 1.29 is 18.0 Å². The molecule has 1 aromatic carbocycles. The first-order valence-corrected chi connectivity index (χ1v) is 4.82. The monoisotopic (exact) mass is 231 g/mol. The van der Waals surface area contributed by atoms with E-state index < -0.39 is 6.30 Å². The highest BCUT2D eigenvalue weighted by atomic mass is 19.4. The van der Waals surface area contributed by atoms with Crippen molar-refractivity contribution in [2.24, 2.45) is 0 Å². The van der Waals surface area contributed by atoms with Gasteiger partial charge in [-0.1, -0.05) is 12.1 Å². The third-order valence-corrected chi connectivity index (χ3v) is 2.20. The largest absolute Gasteiger partial charge is 0.484 e. The number of ketones is 1. The minimum atomic E-state index is -4.47. The Labute approximate surface area is 91.7 Å². The first-order valence-electron chi connectivity index (χ1n) is 4.82. The Balaban J connectivity index is 3.25. The van der Waals surface area contributed by atoms with Crippen LogP contribution in [-0.4, -0.2) is 18.6 Å². The number of halogens is 3. The van der Waals surface area contributed by atoms with Crippen molar-refractivity contribution in [1.29, 1.82) is 0 Å². The van der Waals surface area contributed by atoms with Crippen molar-refractivity contribution in [2.75, 3.05) is 11.4 Å². The molecular formula is C11H12F3NO. The summed E-state index contributed by atoms with van der Waals surface area (Å²) >= 11 is 0. The van der Waals surface area contributed by atoms with Crippen LogP contribution in [0.4, 0.5) is 18.9 Å². The van der Waals surface area contributed by atoms with Crippen LogP contribution in [0.2, 0.25) is 0 Å². The van der Waals surface area contributed by atoms with Gasteiger partial charge in [-0.3, -0.25) is 9.69 Å². The van der Waals surface area contributed by atoms with Crippen molar-refractivity contribution >= 4 is 11.5 Å². The van der Waals surface area contributed by atoms with Crippen LogP contribution in [-0.2, 0) is 0 Å². The highest BCUT2D eigenvalue weighted by molar-refractivity contribution is 5.99. The number of nitrogens with zero attached hydrogens (tertiary/aromatic N) is 1. The minimum absolute atomic E-state index is 0.0849. The molecule has 0 aromatic heterocycles. The maximum absolute atomic E-state index is 12.7. The van der Waals surface area contributed by atoms with Crippen molar-refractivity contribution in [3.8, 4) is 0 Å². The quantitative estimate of drug-likeness (QED) is 0.588. The molecule has 1 aromatic rings. The van der Waals surface area contributed by atoms with Crippen LogP contribution in [0.25, 0.3) is 0 Å². The molecule has 0 aliphatic rings. The fourth-order valence-corrected chi connectivity index (χ4v) is 1.49. The minimum Gasteiger partial charge on any atom is -0.294 e. The molecular weight excluding hydrogens is 219 g/mol. The lowest BCUT2D eigenvalue weighted by molar-refractivity contribution is -0.128. The summed E-state index contributed by atoms with van der Waals surface area (Å²) < 4.78 is 38.0. The van der Waals surface area contributed by atoms with Gasteiger partial charge in [0.25, 0.3) is 0 Å². The number of hydrogen-bond acceptors (Lipinski definition) is 2. The SMILES string of the molecule is CCN(c1ccccc1C(C)=O)C(F)(F)F. The molecule has 0 amide bonds. The molecule has 0 spiro atoms. The first-order chi connectivity index (χ1) is 7.38. The van der Waals surface area contributed by atoms with Crippen LogP contribution >= 0.6 is 0 Å². The number of carbonyl (C=O) groups is 1. The van der Waals surface area contributed by atoms with Gasteiger partial charge in [0, 0.05) is 12.1 Å². The molecule has 0 radical (unpaired) electrons. The predicted molar refractivity (Wildman–Crippen MR) is 55.5 cm³/mol. The van der Waals surface area contributed by atoms with Crippen LogP contribution in [0.15, 0.2) is 24.3 Å². The fourth-order valence-electron chi connectivity index (χ4n) is 1.49. The van der Waals surface area contributed by atoms with Gasteiger partial charge in [0.2, 0.25) is 0 Å². The summed E-state index contributed by atoms with van der Waals surface area (Å²) in [5.41, 5.74) is -0.00771. The summed E-state index contributed by atoms with van der Waals surface area (Å²) in [6.45, 7) is 2.42. The smallest absolute Gasteiger partial charge is 0.294 e. The number of Topliss-reactive ketones (excluding diaryl/α,β-unsaturated/α-hetero) is 1. The van der Waals surface area contributed by atoms with Gasteiger partial charge in [0.05, 0.1) is 5.69 Å². The Morgan fingerprint density at radius 2 is 1.88 bits per heavy atom. The van der Waals surface area contributed by atoms with Gasteiger partial charge in [-0.2, -0.15) is 13.2 Å². The van der Waals surface area contributed by atoms with Crippen molar-refractivity contribution in [3.63, 3.8) is 0 Å². The maximum atomic E-state index is 12.7. The first kappa shape index (κ1) is 12.5. The van der Waals surface area contributed by atoms with Crippen LogP contribution < -0.4 is 4.90 Å². The molecule has 16 heavy (non-hydrogen) atoms. The Kier molecular flexibility index (Phi) is 3.57. The number of rotatable bonds is 3. The van der Waals surface area contributed by atoms with Gasteiger partial charge in [0.15, 0.2) is 5.78 Å².